The largest absolute Gasteiger partial charge is 0.497 e. The van der Waals surface area contributed by atoms with Gasteiger partial charge in [0.15, 0.2) is 0 Å². The average molecular weight is 295 g/mol. The monoisotopic (exact) mass is 294 g/mol. The molecule has 0 radical (unpaired) electrons. The Balaban J connectivity index is 1.76. The molecule has 2 aromatic rings. The van der Waals surface area contributed by atoms with Crippen LogP contribution in [0.25, 0.3) is 0 Å². The summed E-state index contributed by atoms with van der Waals surface area (Å²) in [6.07, 6.45) is 0. The lowest BCUT2D eigenvalue weighted by Crippen LogP contribution is -2.13. The molecule has 0 aliphatic carbocycles. The first-order valence-corrected chi connectivity index (χ1v) is 6.63. The van der Waals surface area contributed by atoms with Crippen molar-refractivity contribution in [3.05, 3.63) is 53.3 Å². The number of benzene rings is 2. The van der Waals surface area contributed by atoms with Gasteiger partial charge in [-0.25, -0.2) is 4.39 Å². The van der Waals surface area contributed by atoms with Gasteiger partial charge in [-0.15, -0.1) is 0 Å². The molecule has 5 heteroatoms. The SMILES string of the molecule is COc1ccc(NCCNc2ccc(F)c(Cl)c2)cc1. The molecule has 2 rings (SSSR count). The van der Waals surface area contributed by atoms with Gasteiger partial charge in [-0.3, -0.25) is 0 Å². The highest BCUT2D eigenvalue weighted by Gasteiger charge is 2.00. The third-order valence-electron chi connectivity index (χ3n) is 2.79. The number of ether oxygens (including phenoxy) is 1. The van der Waals surface area contributed by atoms with Crippen LogP contribution in [0.4, 0.5) is 15.8 Å². The van der Waals surface area contributed by atoms with Crippen LogP contribution in [0.5, 0.6) is 5.75 Å². The molecule has 2 aromatic carbocycles. The highest BCUT2D eigenvalue weighted by molar-refractivity contribution is 6.31. The Labute approximate surface area is 122 Å². The van der Waals surface area contributed by atoms with E-state index in [9.17, 15) is 4.39 Å². The fourth-order valence-electron chi connectivity index (χ4n) is 1.73. The molecule has 20 heavy (non-hydrogen) atoms. The van der Waals surface area contributed by atoms with Crippen molar-refractivity contribution in [3.63, 3.8) is 0 Å². The third kappa shape index (κ3) is 4.03. The molecule has 0 amide bonds. The molecule has 0 atom stereocenters. The van der Waals surface area contributed by atoms with E-state index in [2.05, 4.69) is 10.6 Å². The molecule has 0 aliphatic heterocycles. The van der Waals surface area contributed by atoms with Gasteiger partial charge in [0.1, 0.15) is 11.6 Å². The standard InChI is InChI=1S/C15H16ClFN2O/c1-20-13-5-2-11(3-6-13)18-8-9-19-12-4-7-15(17)14(16)10-12/h2-7,10,18-19H,8-9H2,1H3. The fourth-order valence-corrected chi connectivity index (χ4v) is 1.91. The van der Waals surface area contributed by atoms with E-state index in [0.717, 1.165) is 23.7 Å². The van der Waals surface area contributed by atoms with Crippen LogP contribution in [0.2, 0.25) is 5.02 Å². The Bertz CT molecular complexity index is 560. The molecule has 0 saturated heterocycles. The van der Waals surface area contributed by atoms with Crippen molar-refractivity contribution in [1.29, 1.82) is 0 Å². The van der Waals surface area contributed by atoms with E-state index in [1.807, 2.05) is 24.3 Å². The second-order valence-electron chi connectivity index (χ2n) is 4.21. The first-order chi connectivity index (χ1) is 9.69. The lowest BCUT2D eigenvalue weighted by atomic mass is 10.3. The summed E-state index contributed by atoms with van der Waals surface area (Å²) in [4.78, 5) is 0. The molecule has 0 unspecified atom stereocenters. The van der Waals surface area contributed by atoms with Gasteiger partial charge in [-0.1, -0.05) is 11.6 Å². The highest BCUT2D eigenvalue weighted by atomic mass is 35.5. The van der Waals surface area contributed by atoms with Gasteiger partial charge in [0.05, 0.1) is 12.1 Å². The van der Waals surface area contributed by atoms with E-state index in [4.69, 9.17) is 16.3 Å². The van der Waals surface area contributed by atoms with Crippen molar-refractivity contribution in [2.24, 2.45) is 0 Å². The zero-order valence-electron chi connectivity index (χ0n) is 11.1. The van der Waals surface area contributed by atoms with Crippen LogP contribution in [-0.4, -0.2) is 20.2 Å². The Hall–Kier alpha value is -1.94. The number of hydrogen-bond donors (Lipinski definition) is 2. The summed E-state index contributed by atoms with van der Waals surface area (Å²) in [5, 5.41) is 6.56. The molecular weight excluding hydrogens is 279 g/mol. The molecule has 0 bridgehead atoms. The van der Waals surface area contributed by atoms with Gasteiger partial charge in [0, 0.05) is 24.5 Å². The van der Waals surface area contributed by atoms with Crippen LogP contribution in [0, 0.1) is 5.82 Å². The maximum Gasteiger partial charge on any atom is 0.141 e. The maximum absolute atomic E-state index is 13.0. The van der Waals surface area contributed by atoms with Gasteiger partial charge in [-0.05, 0) is 42.5 Å². The zero-order valence-corrected chi connectivity index (χ0v) is 11.9. The summed E-state index contributed by atoms with van der Waals surface area (Å²) >= 11 is 5.71. The number of nitrogens with one attached hydrogen (secondary N) is 2. The minimum atomic E-state index is -0.409. The predicted molar refractivity (Wildman–Crippen MR) is 81.4 cm³/mol. The summed E-state index contributed by atoms with van der Waals surface area (Å²) in [5.41, 5.74) is 1.82. The van der Waals surface area contributed by atoms with Gasteiger partial charge >= 0.3 is 0 Å². The Kier molecular flexibility index (Phi) is 5.07. The van der Waals surface area contributed by atoms with Gasteiger partial charge in [0.2, 0.25) is 0 Å². The van der Waals surface area contributed by atoms with Gasteiger partial charge in [0.25, 0.3) is 0 Å². The summed E-state index contributed by atoms with van der Waals surface area (Å²) in [6, 6.07) is 12.3. The first-order valence-electron chi connectivity index (χ1n) is 6.26. The van der Waals surface area contributed by atoms with E-state index in [-0.39, 0.29) is 5.02 Å². The van der Waals surface area contributed by atoms with E-state index in [1.54, 1.807) is 19.2 Å². The van der Waals surface area contributed by atoms with Crippen LogP contribution in [0.3, 0.4) is 0 Å². The molecule has 3 nitrogen and oxygen atoms in total. The molecule has 0 spiro atoms. The normalized spacial score (nSPS) is 10.2. The summed E-state index contributed by atoms with van der Waals surface area (Å²) in [6.45, 7) is 1.44. The van der Waals surface area contributed by atoms with Crippen LogP contribution >= 0.6 is 11.6 Å². The zero-order chi connectivity index (χ0) is 14.4. The van der Waals surface area contributed by atoms with Crippen molar-refractivity contribution in [2.75, 3.05) is 30.8 Å². The highest BCUT2D eigenvalue weighted by Crippen LogP contribution is 2.19. The molecule has 0 aliphatic rings. The van der Waals surface area contributed by atoms with Crippen molar-refractivity contribution in [2.45, 2.75) is 0 Å². The van der Waals surface area contributed by atoms with Crippen LogP contribution in [0.1, 0.15) is 0 Å². The van der Waals surface area contributed by atoms with E-state index < -0.39 is 5.82 Å². The second-order valence-corrected chi connectivity index (χ2v) is 4.62. The van der Waals surface area contributed by atoms with Crippen molar-refractivity contribution < 1.29 is 9.13 Å². The fraction of sp³-hybridized carbons (Fsp3) is 0.200. The van der Waals surface area contributed by atoms with Crippen LogP contribution in [0.15, 0.2) is 42.5 Å². The molecular formula is C15H16ClFN2O. The van der Waals surface area contributed by atoms with E-state index in [1.165, 1.54) is 6.07 Å². The topological polar surface area (TPSA) is 33.3 Å². The van der Waals surface area contributed by atoms with Crippen molar-refractivity contribution >= 4 is 23.0 Å². The lowest BCUT2D eigenvalue weighted by Gasteiger charge is -2.10. The molecule has 106 valence electrons. The second kappa shape index (κ2) is 7.01. The minimum absolute atomic E-state index is 0.123. The predicted octanol–water partition coefficient (Wildman–Crippen LogP) is 4.01. The molecule has 0 aromatic heterocycles. The number of anilines is 2. The molecule has 2 N–H and O–H groups in total. The van der Waals surface area contributed by atoms with Gasteiger partial charge < -0.3 is 15.4 Å². The van der Waals surface area contributed by atoms with E-state index >= 15 is 0 Å². The van der Waals surface area contributed by atoms with Crippen LogP contribution < -0.4 is 15.4 Å². The van der Waals surface area contributed by atoms with Crippen molar-refractivity contribution in [3.8, 4) is 5.75 Å². The Morgan fingerprint density at radius 1 is 1.00 bits per heavy atom. The number of methoxy groups -OCH3 is 1. The van der Waals surface area contributed by atoms with Crippen LogP contribution in [-0.2, 0) is 0 Å². The number of halogens is 2. The average Bonchev–Trinajstić information content (AvgIpc) is 2.48. The maximum atomic E-state index is 13.0. The van der Waals surface area contributed by atoms with E-state index in [0.29, 0.717) is 6.54 Å². The molecule has 0 heterocycles. The summed E-state index contributed by atoms with van der Waals surface area (Å²) in [7, 11) is 1.64. The Morgan fingerprint density at radius 3 is 2.20 bits per heavy atom. The molecule has 0 saturated carbocycles. The van der Waals surface area contributed by atoms with Crippen molar-refractivity contribution in [1.82, 2.24) is 0 Å². The first kappa shape index (κ1) is 14.5. The summed E-state index contributed by atoms with van der Waals surface area (Å²) in [5.74, 6) is 0.420. The minimum Gasteiger partial charge on any atom is -0.497 e. The quantitative estimate of drug-likeness (QED) is 0.790. The third-order valence-corrected chi connectivity index (χ3v) is 3.08. The van der Waals surface area contributed by atoms with Gasteiger partial charge in [-0.2, -0.15) is 0 Å². The molecule has 0 fully saturated rings. The smallest absolute Gasteiger partial charge is 0.141 e. The lowest BCUT2D eigenvalue weighted by molar-refractivity contribution is 0.415. The Morgan fingerprint density at radius 2 is 1.60 bits per heavy atom. The number of hydrogen-bond acceptors (Lipinski definition) is 3. The number of rotatable bonds is 6. The summed E-state index contributed by atoms with van der Waals surface area (Å²) < 4.78 is 18.1.